The SMILES string of the molecule is Nc1cc(F)c(Oc2cccc(Cl)c2)c(F)c1. The van der Waals surface area contributed by atoms with Crippen molar-refractivity contribution in [3.63, 3.8) is 0 Å². The molecule has 0 radical (unpaired) electrons. The summed E-state index contributed by atoms with van der Waals surface area (Å²) < 4.78 is 31.9. The van der Waals surface area contributed by atoms with E-state index < -0.39 is 17.4 Å². The molecule has 0 saturated heterocycles. The van der Waals surface area contributed by atoms with E-state index in [0.29, 0.717) is 5.02 Å². The summed E-state index contributed by atoms with van der Waals surface area (Å²) in [4.78, 5) is 0. The molecule has 0 atom stereocenters. The van der Waals surface area contributed by atoms with E-state index >= 15 is 0 Å². The van der Waals surface area contributed by atoms with E-state index in [9.17, 15) is 8.78 Å². The normalized spacial score (nSPS) is 10.3. The van der Waals surface area contributed by atoms with Crippen LogP contribution >= 0.6 is 11.6 Å². The van der Waals surface area contributed by atoms with Crippen molar-refractivity contribution < 1.29 is 13.5 Å². The maximum Gasteiger partial charge on any atom is 0.198 e. The van der Waals surface area contributed by atoms with Gasteiger partial charge in [0.05, 0.1) is 0 Å². The van der Waals surface area contributed by atoms with Crippen LogP contribution in [0.3, 0.4) is 0 Å². The highest BCUT2D eigenvalue weighted by Crippen LogP contribution is 2.30. The van der Waals surface area contributed by atoms with Crippen LogP contribution in [-0.4, -0.2) is 0 Å². The minimum atomic E-state index is -0.859. The molecule has 0 spiro atoms. The van der Waals surface area contributed by atoms with Gasteiger partial charge in [-0.15, -0.1) is 0 Å². The van der Waals surface area contributed by atoms with Gasteiger partial charge in [-0.3, -0.25) is 0 Å². The van der Waals surface area contributed by atoms with Gasteiger partial charge in [0.25, 0.3) is 0 Å². The maximum atomic E-state index is 13.4. The molecule has 0 aliphatic carbocycles. The van der Waals surface area contributed by atoms with Gasteiger partial charge in [0.15, 0.2) is 17.4 Å². The van der Waals surface area contributed by atoms with Gasteiger partial charge in [0.2, 0.25) is 0 Å². The molecule has 0 bridgehead atoms. The van der Waals surface area contributed by atoms with Crippen molar-refractivity contribution in [2.24, 2.45) is 0 Å². The number of anilines is 1. The highest BCUT2D eigenvalue weighted by Gasteiger charge is 2.12. The molecule has 17 heavy (non-hydrogen) atoms. The Morgan fingerprint density at radius 1 is 1.06 bits per heavy atom. The lowest BCUT2D eigenvalue weighted by atomic mass is 10.2. The molecule has 0 saturated carbocycles. The Kier molecular flexibility index (Phi) is 3.15. The van der Waals surface area contributed by atoms with Gasteiger partial charge in [0.1, 0.15) is 5.75 Å². The predicted octanol–water partition coefficient (Wildman–Crippen LogP) is 3.99. The molecule has 0 amide bonds. The molecule has 88 valence electrons. The van der Waals surface area contributed by atoms with Crippen LogP contribution in [0.4, 0.5) is 14.5 Å². The Morgan fingerprint density at radius 2 is 1.71 bits per heavy atom. The largest absolute Gasteiger partial charge is 0.451 e. The first-order valence-corrected chi connectivity index (χ1v) is 5.12. The Morgan fingerprint density at radius 3 is 2.29 bits per heavy atom. The fourth-order valence-corrected chi connectivity index (χ4v) is 1.51. The molecule has 2 aromatic carbocycles. The fourth-order valence-electron chi connectivity index (χ4n) is 1.33. The van der Waals surface area contributed by atoms with E-state index in [4.69, 9.17) is 22.1 Å². The van der Waals surface area contributed by atoms with Gasteiger partial charge in [-0.1, -0.05) is 17.7 Å². The molecule has 2 rings (SSSR count). The van der Waals surface area contributed by atoms with E-state index in [1.54, 1.807) is 18.2 Å². The van der Waals surface area contributed by atoms with Gasteiger partial charge < -0.3 is 10.5 Å². The second-order valence-corrected chi connectivity index (χ2v) is 3.81. The molecule has 0 fully saturated rings. The molecule has 0 heterocycles. The third-order valence-corrected chi connectivity index (χ3v) is 2.27. The quantitative estimate of drug-likeness (QED) is 0.824. The van der Waals surface area contributed by atoms with Crippen molar-refractivity contribution in [2.45, 2.75) is 0 Å². The van der Waals surface area contributed by atoms with Crippen molar-refractivity contribution in [3.05, 3.63) is 53.1 Å². The molecule has 0 aromatic heterocycles. The minimum absolute atomic E-state index is 0.00144. The summed E-state index contributed by atoms with van der Waals surface area (Å²) >= 11 is 5.73. The second kappa shape index (κ2) is 4.59. The highest BCUT2D eigenvalue weighted by molar-refractivity contribution is 6.30. The van der Waals surface area contributed by atoms with E-state index in [2.05, 4.69) is 0 Å². The highest BCUT2D eigenvalue weighted by atomic mass is 35.5. The number of hydrogen-bond acceptors (Lipinski definition) is 2. The zero-order chi connectivity index (χ0) is 12.4. The number of rotatable bonds is 2. The number of nitrogens with two attached hydrogens (primary N) is 1. The van der Waals surface area contributed by atoms with E-state index in [1.807, 2.05) is 0 Å². The third kappa shape index (κ3) is 2.65. The molecular formula is C12H8ClF2NO. The van der Waals surface area contributed by atoms with Gasteiger partial charge in [0, 0.05) is 22.8 Å². The Hall–Kier alpha value is -1.81. The first-order valence-electron chi connectivity index (χ1n) is 4.74. The van der Waals surface area contributed by atoms with Gasteiger partial charge in [-0.05, 0) is 18.2 Å². The Bertz CT molecular complexity index is 537. The molecule has 2 nitrogen and oxygen atoms in total. The lowest BCUT2D eigenvalue weighted by molar-refractivity contribution is 0.408. The molecule has 5 heteroatoms. The monoisotopic (exact) mass is 255 g/mol. The standard InChI is InChI=1S/C12H8ClF2NO/c13-7-2-1-3-9(4-7)17-12-10(14)5-8(16)6-11(12)15/h1-6H,16H2. The summed E-state index contributed by atoms with van der Waals surface area (Å²) in [6, 6.07) is 8.22. The Balaban J connectivity index is 2.36. The van der Waals surface area contributed by atoms with Crippen molar-refractivity contribution in [2.75, 3.05) is 5.73 Å². The average molecular weight is 256 g/mol. The molecule has 2 aromatic rings. The van der Waals surface area contributed by atoms with Gasteiger partial charge in [-0.25, -0.2) is 8.78 Å². The zero-order valence-corrected chi connectivity index (χ0v) is 9.34. The second-order valence-electron chi connectivity index (χ2n) is 3.37. The summed E-state index contributed by atoms with van der Waals surface area (Å²) in [5.41, 5.74) is 5.29. The molecular weight excluding hydrogens is 248 g/mol. The topological polar surface area (TPSA) is 35.2 Å². The van der Waals surface area contributed by atoms with Gasteiger partial charge in [-0.2, -0.15) is 0 Å². The van der Waals surface area contributed by atoms with Crippen molar-refractivity contribution in [3.8, 4) is 11.5 Å². The summed E-state index contributed by atoms with van der Waals surface area (Å²) in [7, 11) is 0. The van der Waals surface area contributed by atoms with Crippen LogP contribution in [0.25, 0.3) is 0 Å². The number of nitrogen functional groups attached to an aromatic ring is 1. The summed E-state index contributed by atoms with van der Waals surface area (Å²) in [6.07, 6.45) is 0. The predicted molar refractivity (Wildman–Crippen MR) is 62.3 cm³/mol. The van der Waals surface area contributed by atoms with Crippen LogP contribution < -0.4 is 10.5 Å². The van der Waals surface area contributed by atoms with Crippen molar-refractivity contribution in [1.29, 1.82) is 0 Å². The van der Waals surface area contributed by atoms with Crippen molar-refractivity contribution in [1.82, 2.24) is 0 Å². The number of hydrogen-bond donors (Lipinski definition) is 1. The van der Waals surface area contributed by atoms with Crippen LogP contribution in [0.15, 0.2) is 36.4 Å². The van der Waals surface area contributed by atoms with Crippen LogP contribution in [0, 0.1) is 11.6 Å². The van der Waals surface area contributed by atoms with Gasteiger partial charge >= 0.3 is 0 Å². The van der Waals surface area contributed by atoms with Crippen LogP contribution in [0.1, 0.15) is 0 Å². The molecule has 0 unspecified atom stereocenters. The minimum Gasteiger partial charge on any atom is -0.451 e. The summed E-state index contributed by atoms with van der Waals surface area (Å²) in [5.74, 6) is -1.97. The number of ether oxygens (including phenoxy) is 1. The summed E-state index contributed by atoms with van der Waals surface area (Å²) in [6.45, 7) is 0. The molecule has 0 aliphatic heterocycles. The number of benzene rings is 2. The smallest absolute Gasteiger partial charge is 0.198 e. The number of halogens is 3. The van der Waals surface area contributed by atoms with Crippen LogP contribution in [0.5, 0.6) is 11.5 Å². The average Bonchev–Trinajstić information content (AvgIpc) is 2.23. The summed E-state index contributed by atoms with van der Waals surface area (Å²) in [5, 5.41) is 0.416. The maximum absolute atomic E-state index is 13.4. The zero-order valence-electron chi connectivity index (χ0n) is 8.58. The first-order chi connectivity index (χ1) is 8.06. The lowest BCUT2D eigenvalue weighted by Gasteiger charge is -2.08. The Labute approximate surface area is 102 Å². The molecule has 2 N–H and O–H groups in total. The van der Waals surface area contributed by atoms with Crippen LogP contribution in [-0.2, 0) is 0 Å². The van der Waals surface area contributed by atoms with E-state index in [-0.39, 0.29) is 11.4 Å². The first kappa shape index (κ1) is 11.7. The van der Waals surface area contributed by atoms with Crippen molar-refractivity contribution >= 4 is 17.3 Å². The van der Waals surface area contributed by atoms with E-state index in [1.165, 1.54) is 6.07 Å². The fraction of sp³-hybridized carbons (Fsp3) is 0. The molecule has 0 aliphatic rings. The lowest BCUT2D eigenvalue weighted by Crippen LogP contribution is -1.95. The van der Waals surface area contributed by atoms with E-state index in [0.717, 1.165) is 12.1 Å². The van der Waals surface area contributed by atoms with Crippen LogP contribution in [0.2, 0.25) is 5.02 Å². The third-order valence-electron chi connectivity index (χ3n) is 2.04.